The van der Waals surface area contributed by atoms with E-state index in [9.17, 15) is 5.11 Å². The molecular weight excluding hydrogens is 394 g/mol. The minimum absolute atomic E-state index is 0.329. The molecule has 1 heterocycles. The molecule has 2 unspecified atom stereocenters. The second-order valence-electron chi connectivity index (χ2n) is 9.78. The number of fused-ring (bicyclic) bond motifs is 1. The molecule has 0 amide bonds. The fourth-order valence-electron chi connectivity index (χ4n) is 5.78. The van der Waals surface area contributed by atoms with Gasteiger partial charge in [-0.2, -0.15) is 0 Å². The highest BCUT2D eigenvalue weighted by Gasteiger charge is 2.32. The fourth-order valence-corrected chi connectivity index (χ4v) is 5.78. The zero-order valence-electron chi connectivity index (χ0n) is 19.1. The van der Waals surface area contributed by atoms with Crippen LogP contribution in [0.3, 0.4) is 0 Å². The number of benzene rings is 3. The van der Waals surface area contributed by atoms with Gasteiger partial charge in [0.25, 0.3) is 0 Å². The second kappa shape index (κ2) is 9.35. The molecule has 3 nitrogen and oxygen atoms in total. The van der Waals surface area contributed by atoms with E-state index >= 15 is 0 Å². The Morgan fingerprint density at radius 1 is 0.938 bits per heavy atom. The fraction of sp³-hybridized carbons (Fsp3) is 0.448. The van der Waals surface area contributed by atoms with Gasteiger partial charge in [0, 0.05) is 38.1 Å². The van der Waals surface area contributed by atoms with Crippen LogP contribution in [0.1, 0.15) is 74.1 Å². The molecule has 1 saturated heterocycles. The SMILES string of the molecule is CC(NC1CCC[C@H](c2ccc(C3(O)CCOCC3)cc2)C1)c1cccc2ccccc12. The average molecular weight is 430 g/mol. The summed E-state index contributed by atoms with van der Waals surface area (Å²) in [6.45, 7) is 3.58. The van der Waals surface area contributed by atoms with E-state index in [0.29, 0.717) is 44.1 Å². The van der Waals surface area contributed by atoms with Crippen molar-refractivity contribution < 1.29 is 9.84 Å². The summed E-state index contributed by atoms with van der Waals surface area (Å²) in [5.74, 6) is 0.583. The van der Waals surface area contributed by atoms with Gasteiger partial charge in [0.1, 0.15) is 0 Å². The van der Waals surface area contributed by atoms with Gasteiger partial charge in [0.2, 0.25) is 0 Å². The molecule has 0 radical (unpaired) electrons. The normalized spacial score (nSPS) is 24.3. The lowest BCUT2D eigenvalue weighted by atomic mass is 9.79. The first-order chi connectivity index (χ1) is 15.6. The van der Waals surface area contributed by atoms with Gasteiger partial charge in [-0.05, 0) is 59.6 Å². The molecular formula is C29H35NO2. The highest BCUT2D eigenvalue weighted by Crippen LogP contribution is 2.37. The average Bonchev–Trinajstić information content (AvgIpc) is 2.84. The topological polar surface area (TPSA) is 41.5 Å². The summed E-state index contributed by atoms with van der Waals surface area (Å²) in [6.07, 6.45) is 6.30. The van der Waals surface area contributed by atoms with E-state index in [4.69, 9.17) is 4.74 Å². The maximum absolute atomic E-state index is 11.0. The Balaban J connectivity index is 1.26. The molecule has 3 atom stereocenters. The van der Waals surface area contributed by atoms with Gasteiger partial charge in [-0.1, -0.05) is 73.2 Å². The van der Waals surface area contributed by atoms with Crippen LogP contribution in [0.4, 0.5) is 0 Å². The van der Waals surface area contributed by atoms with Gasteiger partial charge < -0.3 is 15.2 Å². The molecule has 32 heavy (non-hydrogen) atoms. The first kappa shape index (κ1) is 21.6. The third-order valence-corrected chi connectivity index (χ3v) is 7.69. The molecule has 5 rings (SSSR count). The molecule has 1 aliphatic heterocycles. The van der Waals surface area contributed by atoms with Crippen LogP contribution in [0.25, 0.3) is 10.8 Å². The van der Waals surface area contributed by atoms with Crippen molar-refractivity contribution in [3.05, 3.63) is 83.4 Å². The van der Waals surface area contributed by atoms with Crippen LogP contribution in [0, 0.1) is 0 Å². The summed E-state index contributed by atoms with van der Waals surface area (Å²) >= 11 is 0. The predicted molar refractivity (Wildman–Crippen MR) is 131 cm³/mol. The minimum atomic E-state index is -0.721. The van der Waals surface area contributed by atoms with Gasteiger partial charge in [-0.15, -0.1) is 0 Å². The Labute approximate surface area is 191 Å². The molecule has 0 bridgehead atoms. The van der Waals surface area contributed by atoms with E-state index in [1.54, 1.807) is 0 Å². The molecule has 2 fully saturated rings. The largest absolute Gasteiger partial charge is 0.385 e. The maximum Gasteiger partial charge on any atom is 0.0940 e. The lowest BCUT2D eigenvalue weighted by Gasteiger charge is -2.34. The third-order valence-electron chi connectivity index (χ3n) is 7.69. The highest BCUT2D eigenvalue weighted by atomic mass is 16.5. The quantitative estimate of drug-likeness (QED) is 0.506. The summed E-state index contributed by atoms with van der Waals surface area (Å²) in [7, 11) is 0. The van der Waals surface area contributed by atoms with Crippen molar-refractivity contribution in [2.24, 2.45) is 0 Å². The maximum atomic E-state index is 11.0. The molecule has 3 heteroatoms. The van der Waals surface area contributed by atoms with Gasteiger partial charge in [0.15, 0.2) is 0 Å². The summed E-state index contributed by atoms with van der Waals surface area (Å²) in [4.78, 5) is 0. The van der Waals surface area contributed by atoms with E-state index in [0.717, 1.165) is 5.56 Å². The number of hydrogen-bond acceptors (Lipinski definition) is 3. The Morgan fingerprint density at radius 3 is 2.50 bits per heavy atom. The van der Waals surface area contributed by atoms with Gasteiger partial charge in [-0.3, -0.25) is 0 Å². The molecule has 168 valence electrons. The zero-order valence-corrected chi connectivity index (χ0v) is 19.1. The van der Waals surface area contributed by atoms with E-state index < -0.39 is 5.60 Å². The molecule has 2 aliphatic rings. The van der Waals surface area contributed by atoms with Crippen molar-refractivity contribution in [1.82, 2.24) is 5.32 Å². The molecule has 0 spiro atoms. The van der Waals surface area contributed by atoms with Crippen LogP contribution in [0.15, 0.2) is 66.7 Å². The van der Waals surface area contributed by atoms with Crippen LogP contribution in [-0.2, 0) is 10.3 Å². The summed E-state index contributed by atoms with van der Waals surface area (Å²) in [6, 6.07) is 25.0. The second-order valence-corrected chi connectivity index (χ2v) is 9.78. The zero-order chi connectivity index (χ0) is 22.0. The minimum Gasteiger partial charge on any atom is -0.385 e. The van der Waals surface area contributed by atoms with Crippen molar-refractivity contribution in [2.45, 2.75) is 69.1 Å². The van der Waals surface area contributed by atoms with Crippen molar-refractivity contribution in [2.75, 3.05) is 13.2 Å². The molecule has 1 aliphatic carbocycles. The lowest BCUT2D eigenvalue weighted by molar-refractivity contribution is -0.0679. The molecule has 3 aromatic rings. The van der Waals surface area contributed by atoms with E-state index in [2.05, 4.69) is 79.0 Å². The van der Waals surface area contributed by atoms with Crippen LogP contribution >= 0.6 is 0 Å². The summed E-state index contributed by atoms with van der Waals surface area (Å²) < 4.78 is 5.44. The molecule has 3 aromatic carbocycles. The lowest BCUT2D eigenvalue weighted by Crippen LogP contribution is -2.35. The Bertz CT molecular complexity index is 1030. The van der Waals surface area contributed by atoms with Gasteiger partial charge in [0.05, 0.1) is 5.60 Å². The first-order valence-corrected chi connectivity index (χ1v) is 12.3. The Hall–Kier alpha value is -2.20. The number of ether oxygens (including phenoxy) is 1. The first-order valence-electron chi connectivity index (χ1n) is 12.3. The standard InChI is InChI=1S/C29H35NO2/c1-21(27-11-5-7-23-6-2-3-10-28(23)27)30-26-9-4-8-24(20-26)22-12-14-25(15-13-22)29(31)16-18-32-19-17-29/h2-3,5-7,10-15,21,24,26,30-31H,4,8-9,16-20H2,1H3/t21?,24-,26?/m0/s1. The van der Waals surface area contributed by atoms with Crippen molar-refractivity contribution in [3.63, 3.8) is 0 Å². The Kier molecular flexibility index (Phi) is 6.32. The molecule has 0 aromatic heterocycles. The summed E-state index contributed by atoms with van der Waals surface area (Å²) in [5.41, 5.74) is 3.12. The number of nitrogens with one attached hydrogen (secondary N) is 1. The molecule has 1 saturated carbocycles. The van der Waals surface area contributed by atoms with E-state index in [1.165, 1.54) is 47.6 Å². The highest BCUT2D eigenvalue weighted by molar-refractivity contribution is 5.86. The van der Waals surface area contributed by atoms with Crippen LogP contribution < -0.4 is 5.32 Å². The number of rotatable bonds is 5. The van der Waals surface area contributed by atoms with Gasteiger partial charge >= 0.3 is 0 Å². The van der Waals surface area contributed by atoms with Crippen LogP contribution in [0.5, 0.6) is 0 Å². The number of hydrogen-bond donors (Lipinski definition) is 2. The monoisotopic (exact) mass is 429 g/mol. The Morgan fingerprint density at radius 2 is 1.69 bits per heavy atom. The summed E-state index contributed by atoms with van der Waals surface area (Å²) in [5, 5.41) is 17.6. The van der Waals surface area contributed by atoms with Crippen LogP contribution in [-0.4, -0.2) is 24.4 Å². The predicted octanol–water partition coefficient (Wildman–Crippen LogP) is 6.21. The third kappa shape index (κ3) is 4.47. The number of aliphatic hydroxyl groups is 1. The van der Waals surface area contributed by atoms with E-state index in [-0.39, 0.29) is 0 Å². The van der Waals surface area contributed by atoms with Crippen molar-refractivity contribution >= 4 is 10.8 Å². The van der Waals surface area contributed by atoms with Crippen LogP contribution in [0.2, 0.25) is 0 Å². The molecule has 2 N–H and O–H groups in total. The van der Waals surface area contributed by atoms with Crippen molar-refractivity contribution in [1.29, 1.82) is 0 Å². The van der Waals surface area contributed by atoms with E-state index in [1.807, 2.05) is 0 Å². The smallest absolute Gasteiger partial charge is 0.0940 e. The van der Waals surface area contributed by atoms with Gasteiger partial charge in [-0.25, -0.2) is 0 Å². The van der Waals surface area contributed by atoms with Crippen molar-refractivity contribution in [3.8, 4) is 0 Å².